The summed E-state index contributed by atoms with van der Waals surface area (Å²) in [5.74, 6) is 0.808. The molecule has 4 atom stereocenters. The summed E-state index contributed by atoms with van der Waals surface area (Å²) in [6.07, 6.45) is 5.20. The molecule has 0 spiro atoms. The molecular weight excluding hydrogens is 260 g/mol. The van der Waals surface area contributed by atoms with Gasteiger partial charge in [-0.25, -0.2) is 0 Å². The Hall–Kier alpha value is -0.160. The lowest BCUT2D eigenvalue weighted by Gasteiger charge is -2.33. The number of fused-ring (bicyclic) bond motifs is 2. The summed E-state index contributed by atoms with van der Waals surface area (Å²) in [5.41, 5.74) is 11.9. The normalized spacial score (nSPS) is 37.1. The van der Waals surface area contributed by atoms with Gasteiger partial charge in [0.05, 0.1) is 0 Å². The van der Waals surface area contributed by atoms with Crippen molar-refractivity contribution >= 4 is 0 Å². The van der Waals surface area contributed by atoms with Crippen LogP contribution in [-0.2, 0) is 0 Å². The maximum atomic E-state index is 6.07. The minimum atomic E-state index is 0.427. The second-order valence-corrected chi connectivity index (χ2v) is 7.76. The summed E-state index contributed by atoms with van der Waals surface area (Å²) in [6.45, 7) is 12.6. The van der Waals surface area contributed by atoms with Crippen LogP contribution in [0.3, 0.4) is 0 Å². The minimum absolute atomic E-state index is 0.427. The Labute approximate surface area is 131 Å². The fourth-order valence-corrected chi connectivity index (χ4v) is 4.19. The Morgan fingerprint density at radius 2 is 1.62 bits per heavy atom. The largest absolute Gasteiger partial charge is 0.327 e. The van der Waals surface area contributed by atoms with Crippen LogP contribution in [0.15, 0.2) is 0 Å². The molecule has 21 heavy (non-hydrogen) atoms. The third-order valence-corrected chi connectivity index (χ3v) is 5.58. The van der Waals surface area contributed by atoms with Gasteiger partial charge in [-0.1, -0.05) is 0 Å². The van der Waals surface area contributed by atoms with Crippen LogP contribution in [0.2, 0.25) is 0 Å². The van der Waals surface area contributed by atoms with Crippen molar-refractivity contribution in [3.8, 4) is 0 Å². The van der Waals surface area contributed by atoms with Crippen LogP contribution >= 0.6 is 0 Å². The molecule has 2 unspecified atom stereocenters. The van der Waals surface area contributed by atoms with Gasteiger partial charge < -0.3 is 11.5 Å². The molecule has 1 aliphatic carbocycles. The molecule has 2 bridgehead atoms. The molecule has 4 heteroatoms. The van der Waals surface area contributed by atoms with Crippen LogP contribution in [0.5, 0.6) is 0 Å². The highest BCUT2D eigenvalue weighted by Crippen LogP contribution is 2.37. The van der Waals surface area contributed by atoms with Gasteiger partial charge in [0, 0.05) is 43.3 Å². The second-order valence-electron chi connectivity index (χ2n) is 7.76. The van der Waals surface area contributed by atoms with Crippen LogP contribution < -0.4 is 11.5 Å². The van der Waals surface area contributed by atoms with Crippen molar-refractivity contribution in [1.82, 2.24) is 9.80 Å². The molecule has 124 valence electrons. The first-order chi connectivity index (χ1) is 9.90. The molecule has 2 saturated heterocycles. The van der Waals surface area contributed by atoms with E-state index in [1.54, 1.807) is 0 Å². The van der Waals surface area contributed by atoms with Gasteiger partial charge in [-0.2, -0.15) is 0 Å². The molecule has 3 fully saturated rings. The average molecular weight is 297 g/mol. The molecule has 0 aromatic carbocycles. The van der Waals surface area contributed by atoms with Gasteiger partial charge in [-0.05, 0) is 65.8 Å². The molecule has 3 rings (SSSR count). The van der Waals surface area contributed by atoms with Crippen LogP contribution in [0.1, 0.15) is 53.4 Å². The Bertz CT molecular complexity index is 318. The van der Waals surface area contributed by atoms with Crippen molar-refractivity contribution in [2.24, 2.45) is 17.4 Å². The zero-order chi connectivity index (χ0) is 15.6. The number of rotatable bonds is 2. The zero-order valence-corrected chi connectivity index (χ0v) is 14.5. The Balaban J connectivity index is 0.000000155. The summed E-state index contributed by atoms with van der Waals surface area (Å²) in [7, 11) is 0. The van der Waals surface area contributed by atoms with Crippen molar-refractivity contribution < 1.29 is 0 Å². The lowest BCUT2D eigenvalue weighted by molar-refractivity contribution is 0.168. The molecule has 4 N–H and O–H groups in total. The van der Waals surface area contributed by atoms with Crippen LogP contribution in [0, 0.1) is 5.92 Å². The number of likely N-dealkylation sites (tertiary alicyclic amines) is 2. The first-order valence-corrected chi connectivity index (χ1v) is 8.91. The van der Waals surface area contributed by atoms with Gasteiger partial charge in [-0.3, -0.25) is 9.80 Å². The summed E-state index contributed by atoms with van der Waals surface area (Å²) in [4.78, 5) is 5.02. The molecule has 2 heterocycles. The van der Waals surface area contributed by atoms with E-state index < -0.39 is 0 Å². The third-order valence-electron chi connectivity index (χ3n) is 5.58. The summed E-state index contributed by atoms with van der Waals surface area (Å²) in [5, 5.41) is 0. The standard InChI is InChI=1S/C9H18N2.C8H18N2/c1-6(2)11-5-7-3-4-8(11)9(7)10;1-7(2)10-5-3-4-8(9)6-10/h6-9H,3-5,10H2,1-2H3;7-8H,3-6,9H2,1-2H3/t7?,8?,9-;8-/m11/s1. The highest BCUT2D eigenvalue weighted by Gasteiger charge is 2.45. The Morgan fingerprint density at radius 3 is 1.95 bits per heavy atom. The Kier molecular flexibility index (Phi) is 6.06. The SMILES string of the molecule is CC(C)N1CC2CCC1[C@@H]2N.CC(C)N1CCC[C@@H](N)C1. The van der Waals surface area contributed by atoms with Crippen molar-refractivity contribution in [2.75, 3.05) is 19.6 Å². The predicted molar refractivity (Wildman–Crippen MR) is 90.2 cm³/mol. The monoisotopic (exact) mass is 296 g/mol. The van der Waals surface area contributed by atoms with Crippen molar-refractivity contribution in [3.05, 3.63) is 0 Å². The number of piperidine rings is 2. The molecule has 0 amide bonds. The number of hydrogen-bond acceptors (Lipinski definition) is 4. The van der Waals surface area contributed by atoms with E-state index in [4.69, 9.17) is 11.5 Å². The van der Waals surface area contributed by atoms with Crippen molar-refractivity contribution in [3.63, 3.8) is 0 Å². The van der Waals surface area contributed by atoms with Gasteiger partial charge in [0.25, 0.3) is 0 Å². The Morgan fingerprint density at radius 1 is 0.905 bits per heavy atom. The molecular formula is C17H36N4. The zero-order valence-electron chi connectivity index (χ0n) is 14.5. The highest BCUT2D eigenvalue weighted by molar-refractivity contribution is 5.02. The summed E-state index contributed by atoms with van der Waals surface area (Å²) in [6, 6.07) is 2.98. The van der Waals surface area contributed by atoms with Gasteiger partial charge in [0.1, 0.15) is 0 Å². The van der Waals surface area contributed by atoms with Crippen molar-refractivity contribution in [1.29, 1.82) is 0 Å². The minimum Gasteiger partial charge on any atom is -0.327 e. The highest BCUT2D eigenvalue weighted by atomic mass is 15.2. The van der Waals surface area contributed by atoms with Gasteiger partial charge in [0.15, 0.2) is 0 Å². The van der Waals surface area contributed by atoms with E-state index in [1.165, 1.54) is 38.8 Å². The molecule has 1 saturated carbocycles. The van der Waals surface area contributed by atoms with E-state index in [0.29, 0.717) is 30.2 Å². The number of hydrogen-bond donors (Lipinski definition) is 2. The lowest BCUT2D eigenvalue weighted by Crippen LogP contribution is -2.45. The molecule has 4 nitrogen and oxygen atoms in total. The smallest absolute Gasteiger partial charge is 0.0253 e. The molecule has 0 radical (unpaired) electrons. The molecule has 2 aliphatic heterocycles. The van der Waals surface area contributed by atoms with Gasteiger partial charge >= 0.3 is 0 Å². The predicted octanol–water partition coefficient (Wildman–Crippen LogP) is 1.63. The topological polar surface area (TPSA) is 58.5 Å². The van der Waals surface area contributed by atoms with Crippen LogP contribution in [0.25, 0.3) is 0 Å². The fraction of sp³-hybridized carbons (Fsp3) is 1.00. The molecule has 0 aromatic rings. The van der Waals surface area contributed by atoms with E-state index in [-0.39, 0.29) is 0 Å². The molecule has 3 aliphatic rings. The number of nitrogens with zero attached hydrogens (tertiary/aromatic N) is 2. The quantitative estimate of drug-likeness (QED) is 0.813. The van der Waals surface area contributed by atoms with E-state index >= 15 is 0 Å². The fourth-order valence-electron chi connectivity index (χ4n) is 4.19. The van der Waals surface area contributed by atoms with Crippen molar-refractivity contribution in [2.45, 2.75) is 83.6 Å². The molecule has 0 aromatic heterocycles. The summed E-state index contributed by atoms with van der Waals surface area (Å²) >= 11 is 0. The van der Waals surface area contributed by atoms with Crippen LogP contribution in [-0.4, -0.2) is 59.6 Å². The lowest BCUT2D eigenvalue weighted by atomic mass is 10.1. The van der Waals surface area contributed by atoms with E-state index in [1.807, 2.05) is 0 Å². The van der Waals surface area contributed by atoms with E-state index in [2.05, 4.69) is 37.5 Å². The van der Waals surface area contributed by atoms with Crippen LogP contribution in [0.4, 0.5) is 0 Å². The van der Waals surface area contributed by atoms with Gasteiger partial charge in [-0.15, -0.1) is 0 Å². The summed E-state index contributed by atoms with van der Waals surface area (Å²) < 4.78 is 0. The van der Waals surface area contributed by atoms with E-state index in [9.17, 15) is 0 Å². The average Bonchev–Trinajstić information content (AvgIpc) is 2.95. The first-order valence-electron chi connectivity index (χ1n) is 8.91. The van der Waals surface area contributed by atoms with E-state index in [0.717, 1.165) is 12.5 Å². The second kappa shape index (κ2) is 7.40. The first kappa shape index (κ1) is 17.2. The maximum absolute atomic E-state index is 6.07. The maximum Gasteiger partial charge on any atom is 0.0253 e. The third kappa shape index (κ3) is 4.19. The van der Waals surface area contributed by atoms with Gasteiger partial charge in [0.2, 0.25) is 0 Å². The number of nitrogens with two attached hydrogens (primary N) is 2.